The highest BCUT2D eigenvalue weighted by Gasteiger charge is 2.31. The minimum Gasteiger partial charge on any atom is -0.345 e. The summed E-state index contributed by atoms with van der Waals surface area (Å²) in [5.74, 6) is -0.0789. The molecule has 1 aromatic rings. The van der Waals surface area contributed by atoms with Gasteiger partial charge in [0.25, 0.3) is 0 Å². The molecule has 1 N–H and O–H groups in total. The van der Waals surface area contributed by atoms with Crippen LogP contribution in [0.3, 0.4) is 0 Å². The normalized spacial score (nSPS) is 24.9. The maximum absolute atomic E-state index is 12.2. The summed E-state index contributed by atoms with van der Waals surface area (Å²) >= 11 is 5.08. The van der Waals surface area contributed by atoms with E-state index >= 15 is 0 Å². The number of halogens is 1. The van der Waals surface area contributed by atoms with Gasteiger partial charge in [-0.3, -0.25) is 9.59 Å². The predicted molar refractivity (Wildman–Crippen MR) is 74.3 cm³/mol. The van der Waals surface area contributed by atoms with E-state index < -0.39 is 6.04 Å². The number of nitrogens with one attached hydrogen (secondary N) is 1. The quantitative estimate of drug-likeness (QED) is 0.903. The van der Waals surface area contributed by atoms with E-state index in [-0.39, 0.29) is 17.9 Å². The van der Waals surface area contributed by atoms with Crippen LogP contribution in [-0.2, 0) is 16.1 Å². The summed E-state index contributed by atoms with van der Waals surface area (Å²) in [5.41, 5.74) is 0. The maximum atomic E-state index is 12.2. The highest BCUT2D eigenvalue weighted by Crippen LogP contribution is 2.26. The molecular formula is C12H15BrN2O2S. The van der Waals surface area contributed by atoms with Gasteiger partial charge in [-0.25, -0.2) is 0 Å². The van der Waals surface area contributed by atoms with Gasteiger partial charge in [-0.15, -0.1) is 11.3 Å². The van der Waals surface area contributed by atoms with Gasteiger partial charge in [0.1, 0.15) is 6.04 Å². The lowest BCUT2D eigenvalue weighted by molar-refractivity contribution is -0.135. The van der Waals surface area contributed by atoms with E-state index in [0.717, 1.165) is 9.35 Å². The van der Waals surface area contributed by atoms with Crippen LogP contribution < -0.4 is 5.32 Å². The molecular weight excluding hydrogens is 316 g/mol. The zero-order valence-corrected chi connectivity index (χ0v) is 12.7. The first-order valence-corrected chi connectivity index (χ1v) is 7.48. The standard InChI is InChI=1S/C12H15BrN2O2S/c1-7-5-11(16)14-8(2)12(17)15(7)6-10-9(13)3-4-18-10/h3-4,7-8H,5-6H2,1-2H3,(H,14,16). The number of nitrogens with zero attached hydrogens (tertiary/aromatic N) is 1. The topological polar surface area (TPSA) is 49.4 Å². The van der Waals surface area contributed by atoms with Crippen LogP contribution in [-0.4, -0.2) is 28.8 Å². The molecule has 1 aliphatic rings. The highest BCUT2D eigenvalue weighted by molar-refractivity contribution is 9.10. The molecule has 0 radical (unpaired) electrons. The monoisotopic (exact) mass is 330 g/mol. The molecule has 1 saturated heterocycles. The smallest absolute Gasteiger partial charge is 0.245 e. The van der Waals surface area contributed by atoms with Crippen LogP contribution in [0.2, 0.25) is 0 Å². The predicted octanol–water partition coefficient (Wildman–Crippen LogP) is 2.14. The van der Waals surface area contributed by atoms with Crippen LogP contribution in [0.1, 0.15) is 25.1 Å². The molecule has 2 rings (SSSR count). The summed E-state index contributed by atoms with van der Waals surface area (Å²) in [6.07, 6.45) is 0.360. The first-order chi connectivity index (χ1) is 8.49. The van der Waals surface area contributed by atoms with Crippen molar-refractivity contribution in [1.82, 2.24) is 10.2 Å². The third-order valence-electron chi connectivity index (χ3n) is 3.05. The van der Waals surface area contributed by atoms with Crippen LogP contribution in [0.4, 0.5) is 0 Å². The fourth-order valence-electron chi connectivity index (χ4n) is 2.03. The summed E-state index contributed by atoms with van der Waals surface area (Å²) in [5, 5.41) is 4.69. The third kappa shape index (κ3) is 2.75. The fourth-order valence-corrected chi connectivity index (χ4v) is 3.51. The average molecular weight is 331 g/mol. The minimum absolute atomic E-state index is 0.0198. The van der Waals surface area contributed by atoms with E-state index in [4.69, 9.17) is 0 Å². The Labute approximate surface area is 118 Å². The van der Waals surface area contributed by atoms with Gasteiger partial charge in [-0.1, -0.05) is 0 Å². The molecule has 98 valence electrons. The summed E-state index contributed by atoms with van der Waals surface area (Å²) in [6, 6.07) is 1.46. The second-order valence-corrected chi connectivity index (χ2v) is 6.36. The number of hydrogen-bond donors (Lipinski definition) is 1. The van der Waals surface area contributed by atoms with Crippen LogP contribution in [0.15, 0.2) is 15.9 Å². The van der Waals surface area contributed by atoms with Crippen molar-refractivity contribution in [3.8, 4) is 0 Å². The van der Waals surface area contributed by atoms with Crippen molar-refractivity contribution in [2.45, 2.75) is 38.9 Å². The average Bonchev–Trinajstić information content (AvgIpc) is 2.66. The molecule has 1 aromatic heterocycles. The number of carbonyl (C=O) groups is 2. The van der Waals surface area contributed by atoms with Gasteiger partial charge in [0.15, 0.2) is 0 Å². The van der Waals surface area contributed by atoms with Crippen molar-refractivity contribution in [2.24, 2.45) is 0 Å². The Morgan fingerprint density at radius 1 is 1.50 bits per heavy atom. The zero-order valence-electron chi connectivity index (χ0n) is 10.3. The van der Waals surface area contributed by atoms with Crippen molar-refractivity contribution in [1.29, 1.82) is 0 Å². The lowest BCUT2D eigenvalue weighted by atomic mass is 10.2. The van der Waals surface area contributed by atoms with Crippen LogP contribution in [0, 0.1) is 0 Å². The molecule has 2 amide bonds. The fraction of sp³-hybridized carbons (Fsp3) is 0.500. The molecule has 2 unspecified atom stereocenters. The Balaban J connectivity index is 2.21. The molecule has 1 fully saturated rings. The Kier molecular flexibility index (Phi) is 4.07. The largest absolute Gasteiger partial charge is 0.345 e. The molecule has 4 nitrogen and oxygen atoms in total. The summed E-state index contributed by atoms with van der Waals surface area (Å²) in [6.45, 7) is 4.20. The lowest BCUT2D eigenvalue weighted by Crippen LogP contribution is -2.44. The van der Waals surface area contributed by atoms with E-state index in [1.807, 2.05) is 18.4 Å². The minimum atomic E-state index is -0.443. The highest BCUT2D eigenvalue weighted by atomic mass is 79.9. The Bertz CT molecular complexity index is 474. The number of amides is 2. The Morgan fingerprint density at radius 2 is 2.22 bits per heavy atom. The number of carbonyl (C=O) groups excluding carboxylic acids is 2. The molecule has 0 saturated carbocycles. The Morgan fingerprint density at radius 3 is 2.83 bits per heavy atom. The molecule has 6 heteroatoms. The van der Waals surface area contributed by atoms with Gasteiger partial charge in [0.2, 0.25) is 11.8 Å². The van der Waals surface area contributed by atoms with Crippen molar-refractivity contribution >= 4 is 39.1 Å². The van der Waals surface area contributed by atoms with Gasteiger partial charge in [0, 0.05) is 21.8 Å². The summed E-state index contributed by atoms with van der Waals surface area (Å²) < 4.78 is 1.02. The lowest BCUT2D eigenvalue weighted by Gasteiger charge is -2.27. The van der Waals surface area contributed by atoms with Crippen LogP contribution >= 0.6 is 27.3 Å². The van der Waals surface area contributed by atoms with Crippen LogP contribution in [0.25, 0.3) is 0 Å². The van der Waals surface area contributed by atoms with E-state index in [0.29, 0.717) is 13.0 Å². The van der Waals surface area contributed by atoms with E-state index in [2.05, 4.69) is 21.2 Å². The second kappa shape index (κ2) is 5.40. The second-order valence-electron chi connectivity index (χ2n) is 4.50. The van der Waals surface area contributed by atoms with Crippen molar-refractivity contribution in [3.05, 3.63) is 20.8 Å². The van der Waals surface area contributed by atoms with E-state index in [1.54, 1.807) is 23.2 Å². The SMILES string of the molecule is CC1NC(=O)CC(C)N(Cc2sccc2Br)C1=O. The van der Waals surface area contributed by atoms with Gasteiger partial charge in [-0.05, 0) is 41.2 Å². The van der Waals surface area contributed by atoms with Crippen molar-refractivity contribution in [3.63, 3.8) is 0 Å². The van der Waals surface area contributed by atoms with Crippen LogP contribution in [0.5, 0.6) is 0 Å². The van der Waals surface area contributed by atoms with Gasteiger partial charge >= 0.3 is 0 Å². The van der Waals surface area contributed by atoms with Crippen molar-refractivity contribution in [2.75, 3.05) is 0 Å². The molecule has 18 heavy (non-hydrogen) atoms. The number of rotatable bonds is 2. The van der Waals surface area contributed by atoms with Crippen molar-refractivity contribution < 1.29 is 9.59 Å². The number of thiophene rings is 1. The van der Waals surface area contributed by atoms with E-state index in [9.17, 15) is 9.59 Å². The summed E-state index contributed by atoms with van der Waals surface area (Å²) in [4.78, 5) is 26.7. The van der Waals surface area contributed by atoms with Gasteiger partial charge < -0.3 is 10.2 Å². The third-order valence-corrected chi connectivity index (χ3v) is 4.96. The molecule has 1 aliphatic heterocycles. The molecule has 2 heterocycles. The molecule has 0 aliphatic carbocycles. The molecule has 0 spiro atoms. The Hall–Kier alpha value is -0.880. The van der Waals surface area contributed by atoms with Gasteiger partial charge in [0.05, 0.1) is 6.54 Å². The van der Waals surface area contributed by atoms with Gasteiger partial charge in [-0.2, -0.15) is 0 Å². The summed E-state index contributed by atoms with van der Waals surface area (Å²) in [7, 11) is 0. The molecule has 2 atom stereocenters. The zero-order chi connectivity index (χ0) is 13.3. The first kappa shape index (κ1) is 13.5. The molecule has 0 aromatic carbocycles. The molecule has 0 bridgehead atoms. The number of hydrogen-bond acceptors (Lipinski definition) is 3. The van der Waals surface area contributed by atoms with E-state index in [1.165, 1.54) is 0 Å². The first-order valence-electron chi connectivity index (χ1n) is 5.80. The maximum Gasteiger partial charge on any atom is 0.245 e.